The Hall–Kier alpha value is -1.89. The van der Waals surface area contributed by atoms with E-state index in [1.807, 2.05) is 31.2 Å². The van der Waals surface area contributed by atoms with Gasteiger partial charge in [-0.25, -0.2) is 0 Å². The summed E-state index contributed by atoms with van der Waals surface area (Å²) >= 11 is 13.8. The van der Waals surface area contributed by atoms with Gasteiger partial charge < -0.3 is 15.0 Å². The first kappa shape index (κ1) is 25.4. The summed E-state index contributed by atoms with van der Waals surface area (Å²) in [5.41, 5.74) is 1.84. The number of carbonyl (C=O) groups is 2. The molecule has 168 valence electrons. The van der Waals surface area contributed by atoms with Crippen LogP contribution < -0.4 is 10.1 Å². The van der Waals surface area contributed by atoms with Crippen LogP contribution in [0.4, 0.5) is 0 Å². The van der Waals surface area contributed by atoms with Gasteiger partial charge in [0.25, 0.3) is 0 Å². The minimum atomic E-state index is -0.618. The molecule has 0 radical (unpaired) electrons. The van der Waals surface area contributed by atoms with Gasteiger partial charge in [0, 0.05) is 28.9 Å². The van der Waals surface area contributed by atoms with Gasteiger partial charge in [0.05, 0.1) is 12.9 Å². The van der Waals surface area contributed by atoms with Crippen LogP contribution in [0.15, 0.2) is 42.5 Å². The van der Waals surface area contributed by atoms with Crippen molar-refractivity contribution in [2.45, 2.75) is 38.6 Å². The molecule has 31 heavy (non-hydrogen) atoms. The van der Waals surface area contributed by atoms with E-state index in [2.05, 4.69) is 5.32 Å². The average Bonchev–Trinajstić information content (AvgIpc) is 2.76. The molecule has 2 aromatic carbocycles. The van der Waals surface area contributed by atoms with Crippen molar-refractivity contribution in [3.63, 3.8) is 0 Å². The summed E-state index contributed by atoms with van der Waals surface area (Å²) in [5, 5.41) is 3.86. The lowest BCUT2D eigenvalue weighted by Gasteiger charge is -2.29. The zero-order valence-corrected chi connectivity index (χ0v) is 20.3. The smallest absolute Gasteiger partial charge is 0.242 e. The fourth-order valence-corrected chi connectivity index (χ4v) is 4.21. The Bertz CT molecular complexity index is 878. The molecule has 0 aliphatic carbocycles. The van der Waals surface area contributed by atoms with E-state index in [1.54, 1.807) is 37.1 Å². The summed E-state index contributed by atoms with van der Waals surface area (Å²) in [5.74, 6) is 1.43. The molecule has 0 bridgehead atoms. The highest BCUT2D eigenvalue weighted by atomic mass is 35.5. The van der Waals surface area contributed by atoms with Gasteiger partial charge in [0.1, 0.15) is 11.8 Å². The van der Waals surface area contributed by atoms with E-state index in [4.69, 9.17) is 27.9 Å². The van der Waals surface area contributed by atoms with Gasteiger partial charge in [0.15, 0.2) is 0 Å². The third kappa shape index (κ3) is 7.95. The van der Waals surface area contributed by atoms with Crippen molar-refractivity contribution in [2.75, 3.05) is 19.4 Å². The topological polar surface area (TPSA) is 58.6 Å². The third-order valence-electron chi connectivity index (χ3n) is 4.73. The number of amides is 2. The Kier molecular flexibility index (Phi) is 10.5. The zero-order valence-electron chi connectivity index (χ0n) is 18.0. The van der Waals surface area contributed by atoms with Crippen LogP contribution in [-0.4, -0.2) is 42.2 Å². The predicted molar refractivity (Wildman–Crippen MR) is 129 cm³/mol. The molecule has 0 heterocycles. The summed E-state index contributed by atoms with van der Waals surface area (Å²) in [4.78, 5) is 27.2. The number of rotatable bonds is 11. The Morgan fingerprint density at radius 1 is 1.16 bits per heavy atom. The van der Waals surface area contributed by atoms with Crippen LogP contribution in [0.2, 0.25) is 10.0 Å². The van der Waals surface area contributed by atoms with E-state index in [1.165, 1.54) is 11.8 Å². The molecule has 0 aliphatic heterocycles. The number of thioether (sulfide) groups is 1. The summed E-state index contributed by atoms with van der Waals surface area (Å²) < 4.78 is 5.17. The minimum Gasteiger partial charge on any atom is -0.497 e. The summed E-state index contributed by atoms with van der Waals surface area (Å²) in [7, 11) is 1.63. The molecule has 2 rings (SSSR count). The maximum atomic E-state index is 13.1. The number of methoxy groups -OCH3 is 1. The third-order valence-corrected chi connectivity index (χ3v) is 6.30. The molecule has 5 nitrogen and oxygen atoms in total. The number of hydrogen-bond donors (Lipinski definition) is 1. The van der Waals surface area contributed by atoms with Crippen LogP contribution in [0.25, 0.3) is 0 Å². The largest absolute Gasteiger partial charge is 0.497 e. The molecule has 0 saturated heterocycles. The Morgan fingerprint density at radius 2 is 1.87 bits per heavy atom. The van der Waals surface area contributed by atoms with Gasteiger partial charge in [-0.1, -0.05) is 48.3 Å². The predicted octanol–water partition coefficient (Wildman–Crippen LogP) is 5.18. The number of nitrogens with zero attached hydrogens (tertiary/aromatic N) is 1. The van der Waals surface area contributed by atoms with Crippen molar-refractivity contribution >= 4 is 46.8 Å². The number of ether oxygens (including phenoxy) is 1. The number of halogens is 2. The van der Waals surface area contributed by atoms with Gasteiger partial charge >= 0.3 is 0 Å². The molecular formula is C23H28Cl2N2O3S. The quantitative estimate of drug-likeness (QED) is 0.479. The van der Waals surface area contributed by atoms with E-state index in [0.717, 1.165) is 23.3 Å². The van der Waals surface area contributed by atoms with E-state index in [0.29, 0.717) is 22.3 Å². The van der Waals surface area contributed by atoms with Crippen molar-refractivity contribution in [1.29, 1.82) is 0 Å². The molecule has 0 spiro atoms. The van der Waals surface area contributed by atoms with Crippen LogP contribution in [0, 0.1) is 0 Å². The Labute approximate surface area is 198 Å². The van der Waals surface area contributed by atoms with Crippen molar-refractivity contribution in [3.05, 3.63) is 63.6 Å². The second-order valence-corrected chi connectivity index (χ2v) is 8.89. The molecule has 2 aromatic rings. The van der Waals surface area contributed by atoms with Crippen LogP contribution in [0.3, 0.4) is 0 Å². The monoisotopic (exact) mass is 482 g/mol. The molecule has 8 heteroatoms. The highest BCUT2D eigenvalue weighted by Crippen LogP contribution is 2.24. The second-order valence-electron chi connectivity index (χ2n) is 7.07. The van der Waals surface area contributed by atoms with Gasteiger partial charge in [-0.3, -0.25) is 9.59 Å². The molecule has 0 unspecified atom stereocenters. The van der Waals surface area contributed by atoms with Gasteiger partial charge in [0.2, 0.25) is 11.8 Å². The van der Waals surface area contributed by atoms with Crippen molar-refractivity contribution < 1.29 is 14.3 Å². The van der Waals surface area contributed by atoms with Crippen LogP contribution in [0.5, 0.6) is 5.75 Å². The van der Waals surface area contributed by atoms with E-state index in [9.17, 15) is 9.59 Å². The van der Waals surface area contributed by atoms with E-state index < -0.39 is 6.04 Å². The zero-order chi connectivity index (χ0) is 22.8. The first-order valence-corrected chi connectivity index (χ1v) is 12.0. The first-order valence-electron chi connectivity index (χ1n) is 10.1. The fourth-order valence-electron chi connectivity index (χ4n) is 2.87. The van der Waals surface area contributed by atoms with Crippen molar-refractivity contribution in [3.8, 4) is 5.75 Å². The summed E-state index contributed by atoms with van der Waals surface area (Å²) in [6.45, 7) is 4.52. The number of nitrogens with one attached hydrogen (secondary N) is 1. The Balaban J connectivity index is 2.07. The van der Waals surface area contributed by atoms with Crippen molar-refractivity contribution in [1.82, 2.24) is 10.2 Å². The maximum Gasteiger partial charge on any atom is 0.242 e. The highest BCUT2D eigenvalue weighted by molar-refractivity contribution is 7.99. The molecular weight excluding hydrogens is 455 g/mol. The van der Waals surface area contributed by atoms with Crippen LogP contribution >= 0.6 is 35.0 Å². The summed E-state index contributed by atoms with van der Waals surface area (Å²) in [6, 6.07) is 12.3. The maximum absolute atomic E-state index is 13.1. The molecule has 0 saturated carbocycles. The van der Waals surface area contributed by atoms with E-state index in [-0.39, 0.29) is 24.1 Å². The molecule has 1 N–H and O–H groups in total. The molecule has 2 amide bonds. The lowest BCUT2D eigenvalue weighted by molar-refractivity contribution is -0.138. The summed E-state index contributed by atoms with van der Waals surface area (Å²) in [6.07, 6.45) is 0.827. The molecule has 0 aromatic heterocycles. The lowest BCUT2D eigenvalue weighted by Crippen LogP contribution is -2.48. The SMILES string of the molecule is CCCNC(=O)[C@H](C)N(Cc1ccc(Cl)cc1Cl)C(=O)CSCc1ccc(OC)cc1. The average molecular weight is 483 g/mol. The molecule has 1 atom stereocenters. The van der Waals surface area contributed by atoms with E-state index >= 15 is 0 Å². The lowest BCUT2D eigenvalue weighted by atomic mass is 10.1. The van der Waals surface area contributed by atoms with Crippen LogP contribution in [0.1, 0.15) is 31.4 Å². The molecule has 0 fully saturated rings. The number of benzene rings is 2. The normalized spacial score (nSPS) is 11.6. The standard InChI is InChI=1S/C23H28Cl2N2O3S/c1-4-11-26-23(29)16(2)27(13-18-7-8-19(24)12-21(18)25)22(28)15-31-14-17-5-9-20(30-3)10-6-17/h5-10,12,16H,4,11,13-15H2,1-3H3,(H,26,29)/t16-/m0/s1. The number of carbonyl (C=O) groups excluding carboxylic acids is 2. The second kappa shape index (κ2) is 12.8. The van der Waals surface area contributed by atoms with Crippen molar-refractivity contribution in [2.24, 2.45) is 0 Å². The number of hydrogen-bond acceptors (Lipinski definition) is 4. The van der Waals surface area contributed by atoms with Gasteiger partial charge in [-0.15, -0.1) is 11.8 Å². The van der Waals surface area contributed by atoms with Gasteiger partial charge in [-0.2, -0.15) is 0 Å². The fraction of sp³-hybridized carbons (Fsp3) is 0.391. The Morgan fingerprint density at radius 3 is 2.48 bits per heavy atom. The molecule has 0 aliphatic rings. The van der Waals surface area contributed by atoms with Crippen LogP contribution in [-0.2, 0) is 21.9 Å². The van der Waals surface area contributed by atoms with Gasteiger partial charge in [-0.05, 0) is 48.7 Å². The first-order chi connectivity index (χ1) is 14.8. The highest BCUT2D eigenvalue weighted by Gasteiger charge is 2.26. The minimum absolute atomic E-state index is 0.122.